The highest BCUT2D eigenvalue weighted by atomic mass is 31.2. The SMILES string of the molecule is Cc1ccc(N2CCCN(C)P2(=NC(C)(C)C)N=P(N(C)C)(N(C)C)N(C)C)cc1. The normalized spacial score (nSPS) is 21.6. The van der Waals surface area contributed by atoms with Crippen molar-refractivity contribution in [2.75, 3.05) is 67.1 Å². The van der Waals surface area contributed by atoms with Crippen molar-refractivity contribution in [3.63, 3.8) is 0 Å². The minimum Gasteiger partial charge on any atom is -0.309 e. The zero-order valence-corrected chi connectivity index (χ0v) is 22.7. The van der Waals surface area contributed by atoms with Crippen LogP contribution in [0.25, 0.3) is 0 Å². The third-order valence-electron chi connectivity index (χ3n) is 5.25. The number of hydrogen-bond donors (Lipinski definition) is 0. The molecule has 1 aromatic rings. The highest BCUT2D eigenvalue weighted by Crippen LogP contribution is 2.71. The first-order valence-electron chi connectivity index (χ1n) is 10.6. The minimum atomic E-state index is -2.39. The first kappa shape index (κ1) is 25.6. The molecule has 1 atom stereocenters. The maximum Gasteiger partial charge on any atom is 0.239 e. The van der Waals surface area contributed by atoms with E-state index in [2.05, 4.69) is 125 Å². The van der Waals surface area contributed by atoms with E-state index in [1.807, 2.05) is 0 Å². The number of rotatable bonds is 5. The summed E-state index contributed by atoms with van der Waals surface area (Å²) in [6.07, 6.45) is 1.11. The largest absolute Gasteiger partial charge is 0.309 e. The van der Waals surface area contributed by atoms with Gasteiger partial charge < -0.3 is 4.67 Å². The molecule has 30 heavy (non-hydrogen) atoms. The predicted molar refractivity (Wildman–Crippen MR) is 135 cm³/mol. The van der Waals surface area contributed by atoms with E-state index in [0.29, 0.717) is 0 Å². The zero-order valence-electron chi connectivity index (χ0n) is 21.0. The lowest BCUT2D eigenvalue weighted by atomic mass is 10.1. The van der Waals surface area contributed by atoms with Gasteiger partial charge in [0, 0.05) is 18.8 Å². The van der Waals surface area contributed by atoms with Crippen LogP contribution in [0.1, 0.15) is 32.8 Å². The summed E-state index contributed by atoms with van der Waals surface area (Å²) in [6.45, 7) is 10.7. The van der Waals surface area contributed by atoms with E-state index in [0.717, 1.165) is 19.5 Å². The predicted octanol–water partition coefficient (Wildman–Crippen LogP) is 5.51. The van der Waals surface area contributed by atoms with Gasteiger partial charge in [0.1, 0.15) is 0 Å². The zero-order chi connectivity index (χ0) is 22.9. The molecule has 1 aliphatic rings. The number of benzene rings is 1. The molecule has 1 saturated heterocycles. The number of aryl methyl sites for hydroxylation is 1. The topological polar surface area (TPSA) is 40.9 Å². The van der Waals surface area contributed by atoms with Gasteiger partial charge in [0.25, 0.3) is 0 Å². The molecule has 2 rings (SSSR count). The summed E-state index contributed by atoms with van der Waals surface area (Å²) < 4.78 is 23.2. The molecule has 1 aliphatic heterocycles. The molecule has 9 heteroatoms. The Morgan fingerprint density at radius 1 is 0.900 bits per heavy atom. The molecule has 0 amide bonds. The monoisotopic (exact) mass is 455 g/mol. The van der Waals surface area contributed by atoms with Gasteiger partial charge in [0.05, 0.1) is 5.54 Å². The molecule has 0 spiro atoms. The van der Waals surface area contributed by atoms with Crippen molar-refractivity contribution >= 4 is 20.7 Å². The van der Waals surface area contributed by atoms with E-state index in [1.54, 1.807) is 0 Å². The lowest BCUT2D eigenvalue weighted by Gasteiger charge is -2.49. The maximum absolute atomic E-state index is 5.83. The second-order valence-electron chi connectivity index (χ2n) is 9.67. The van der Waals surface area contributed by atoms with Crippen molar-refractivity contribution in [3.05, 3.63) is 29.8 Å². The summed E-state index contributed by atoms with van der Waals surface area (Å²) in [7, 11) is 10.5. The summed E-state index contributed by atoms with van der Waals surface area (Å²) in [5.74, 6) is 0. The molecule has 1 unspecified atom stereocenters. The van der Waals surface area contributed by atoms with Crippen molar-refractivity contribution in [1.29, 1.82) is 0 Å². The molecule has 7 nitrogen and oxygen atoms in total. The molecule has 1 aromatic carbocycles. The van der Waals surface area contributed by atoms with Crippen LogP contribution in [-0.4, -0.2) is 86.6 Å². The third kappa shape index (κ3) is 5.03. The maximum atomic E-state index is 5.83. The van der Waals surface area contributed by atoms with Crippen LogP contribution in [-0.2, 0) is 0 Å². The van der Waals surface area contributed by atoms with Crippen LogP contribution in [0.5, 0.6) is 0 Å². The van der Waals surface area contributed by atoms with Gasteiger partial charge in [-0.2, -0.15) is 4.52 Å². The highest BCUT2D eigenvalue weighted by molar-refractivity contribution is 7.73. The van der Waals surface area contributed by atoms with E-state index in [-0.39, 0.29) is 5.54 Å². The van der Waals surface area contributed by atoms with E-state index in [1.165, 1.54) is 11.3 Å². The standard InChI is InChI=1S/C21H43N7P2/c1-19-13-15-20(16-14-19)28-18-12-17-27(11)29(28,22-21(2,3)4)23-30(24(5)6,25(7)8)26(9)10/h13-16H,12,17-18H2,1-11H3. The summed E-state index contributed by atoms with van der Waals surface area (Å²) in [5.41, 5.74) is 2.29. The summed E-state index contributed by atoms with van der Waals surface area (Å²) in [6, 6.07) is 8.86. The first-order chi connectivity index (χ1) is 13.8. The lowest BCUT2D eigenvalue weighted by molar-refractivity contribution is 0.466. The van der Waals surface area contributed by atoms with Crippen LogP contribution in [0.15, 0.2) is 33.5 Å². The van der Waals surface area contributed by atoms with Gasteiger partial charge in [0.15, 0.2) is 7.51 Å². The van der Waals surface area contributed by atoms with Gasteiger partial charge in [-0.1, -0.05) is 17.7 Å². The van der Waals surface area contributed by atoms with Crippen LogP contribution in [0.2, 0.25) is 0 Å². The Hall–Kier alpha value is -0.680. The van der Waals surface area contributed by atoms with Crippen LogP contribution >= 0.6 is 15.0 Å². The van der Waals surface area contributed by atoms with Crippen molar-refractivity contribution in [2.45, 2.75) is 39.7 Å². The molecule has 0 aliphatic carbocycles. The highest BCUT2D eigenvalue weighted by Gasteiger charge is 2.42. The minimum absolute atomic E-state index is 0.202. The Balaban J connectivity index is 2.97. The second kappa shape index (κ2) is 9.44. The van der Waals surface area contributed by atoms with Gasteiger partial charge in [-0.05, 0) is 95.6 Å². The third-order valence-corrected chi connectivity index (χ3v) is 13.5. The Labute approximate surface area is 185 Å². The average Bonchev–Trinajstić information content (AvgIpc) is 2.60. The fourth-order valence-corrected chi connectivity index (χ4v) is 13.2. The van der Waals surface area contributed by atoms with Crippen molar-refractivity contribution in [3.8, 4) is 0 Å². The van der Waals surface area contributed by atoms with Crippen LogP contribution < -0.4 is 4.67 Å². The van der Waals surface area contributed by atoms with Crippen molar-refractivity contribution < 1.29 is 0 Å². The fourth-order valence-electron chi connectivity index (χ4n) is 4.05. The molecule has 0 aromatic heterocycles. The number of nitrogens with zero attached hydrogens (tertiary/aromatic N) is 7. The van der Waals surface area contributed by atoms with E-state index in [4.69, 9.17) is 9.26 Å². The fraction of sp³-hybridized carbons (Fsp3) is 0.714. The van der Waals surface area contributed by atoms with Crippen molar-refractivity contribution in [1.82, 2.24) is 18.7 Å². The van der Waals surface area contributed by atoms with Gasteiger partial charge in [-0.3, -0.25) is 14.0 Å². The van der Waals surface area contributed by atoms with Gasteiger partial charge in [-0.15, -0.1) is 0 Å². The number of anilines is 1. The average molecular weight is 456 g/mol. The second-order valence-corrected chi connectivity index (χ2v) is 16.3. The molecular formula is C21H43N7P2. The Kier molecular flexibility index (Phi) is 8.05. The Morgan fingerprint density at radius 3 is 1.83 bits per heavy atom. The Bertz CT molecular complexity index is 794. The van der Waals surface area contributed by atoms with E-state index >= 15 is 0 Å². The summed E-state index contributed by atoms with van der Waals surface area (Å²) in [5, 5.41) is 0. The lowest BCUT2D eigenvalue weighted by Crippen LogP contribution is -2.39. The van der Waals surface area contributed by atoms with Crippen LogP contribution in [0, 0.1) is 6.92 Å². The molecule has 0 N–H and O–H groups in total. The number of hydrogen-bond acceptors (Lipinski definition) is 1. The van der Waals surface area contributed by atoms with E-state index in [9.17, 15) is 0 Å². The molecule has 1 heterocycles. The molecular weight excluding hydrogens is 412 g/mol. The quantitative estimate of drug-likeness (QED) is 0.548. The molecule has 1 fully saturated rings. The van der Waals surface area contributed by atoms with E-state index < -0.39 is 15.0 Å². The van der Waals surface area contributed by atoms with Gasteiger partial charge in [0.2, 0.25) is 7.51 Å². The molecule has 0 bridgehead atoms. The summed E-state index contributed by atoms with van der Waals surface area (Å²) in [4.78, 5) is 0. The van der Waals surface area contributed by atoms with Gasteiger partial charge >= 0.3 is 0 Å². The van der Waals surface area contributed by atoms with Gasteiger partial charge in [-0.25, -0.2) is 9.42 Å². The van der Waals surface area contributed by atoms with Crippen LogP contribution in [0.4, 0.5) is 5.69 Å². The Morgan fingerprint density at radius 2 is 1.40 bits per heavy atom. The smallest absolute Gasteiger partial charge is 0.239 e. The first-order valence-corrected chi connectivity index (χ1v) is 13.8. The molecule has 0 radical (unpaired) electrons. The van der Waals surface area contributed by atoms with Crippen LogP contribution in [0.3, 0.4) is 0 Å². The molecule has 0 saturated carbocycles. The van der Waals surface area contributed by atoms with Crippen molar-refractivity contribution in [2.24, 2.45) is 9.26 Å². The molecule has 172 valence electrons. The summed E-state index contributed by atoms with van der Waals surface area (Å²) >= 11 is 0.